The molecule has 2 heterocycles. The summed E-state index contributed by atoms with van der Waals surface area (Å²) in [5, 5.41) is 65.8. The number of likely N-dealkylation sites (N-methyl/N-ethyl adjacent to an activating group) is 5. The van der Waals surface area contributed by atoms with E-state index in [2.05, 4.69) is 67.0 Å². The van der Waals surface area contributed by atoms with Gasteiger partial charge in [0.15, 0.2) is 5.96 Å². The van der Waals surface area contributed by atoms with Gasteiger partial charge in [-0.3, -0.25) is 82.1 Å². The van der Waals surface area contributed by atoms with Crippen molar-refractivity contribution in [3.05, 3.63) is 174 Å². The van der Waals surface area contributed by atoms with Gasteiger partial charge >= 0.3 is 5.97 Å². The van der Waals surface area contributed by atoms with Crippen molar-refractivity contribution in [2.45, 2.75) is 171 Å². The molecule has 1 aliphatic heterocycles. The predicted octanol–water partition coefficient (Wildman–Crippen LogP) is 0.0209. The SMILES string of the molecule is CCCC[C@H]1C(=O)N(C)CC(=O)N[C@@H](CC(O)=P)C(=O)N[C@@H](C(C)C)C(=O)N(C)[C@@H](Cc2ccccc2)C(=O)N[C@@H](CCC(=O)O)C(=O)N(C)CC(=O)N[C@@H](Cc2c[nH]c3ccccc23)C(=O)N[C@@H](Cc2ccc(O)cc2)C(=O)N[C@@H](CCCNC(=N)N)C(=O)N[C@H](C(=O)NCC(N)=O)CSCC(=O)N[C@@H](Cc2ccccc2)C(=O)N(C)[C@@H](Cc2ccccc2)C(=O)N1C. The number of aromatic hydroxyl groups is 1. The highest BCUT2D eigenvalue weighted by Gasteiger charge is 2.42. The average molecular weight is 1820 g/mol. The molecular formula is C89H118N19O19PS. The molecule has 0 unspecified atom stereocenters. The van der Waals surface area contributed by atoms with Crippen LogP contribution in [0.15, 0.2) is 146 Å². The molecule has 11 atom stereocenters. The van der Waals surface area contributed by atoms with Crippen LogP contribution >= 0.6 is 20.6 Å². The summed E-state index contributed by atoms with van der Waals surface area (Å²) >= 11 is 0.793. The number of carbonyl (C=O) groups is 16. The normalized spacial score (nSPS) is 21.8. The van der Waals surface area contributed by atoms with Crippen LogP contribution in [-0.2, 0) is 109 Å². The number of fused-ring (bicyclic) bond motifs is 1. The summed E-state index contributed by atoms with van der Waals surface area (Å²) < 4.78 is 0. The molecule has 0 bridgehead atoms. The zero-order chi connectivity index (χ0) is 94.7. The molecule has 38 nitrogen and oxygen atoms in total. The maximum atomic E-state index is 15.5. The molecule has 1 fully saturated rings. The van der Waals surface area contributed by atoms with Gasteiger partial charge in [-0.05, 0) is 77.6 Å². The summed E-state index contributed by atoms with van der Waals surface area (Å²) in [6, 6.07) is 20.9. The van der Waals surface area contributed by atoms with E-state index in [-0.39, 0.29) is 63.7 Å². The van der Waals surface area contributed by atoms with E-state index in [9.17, 15) is 53.7 Å². The van der Waals surface area contributed by atoms with Crippen LogP contribution in [0.2, 0.25) is 0 Å². The molecule has 5 aromatic carbocycles. The fourth-order valence-electron chi connectivity index (χ4n) is 14.5. The van der Waals surface area contributed by atoms with Crippen molar-refractivity contribution in [3.8, 4) is 5.75 Å². The number of nitrogens with one attached hydrogen (secondary N) is 12. The third kappa shape index (κ3) is 32.5. The number of H-pyrrole nitrogens is 1. The lowest BCUT2D eigenvalue weighted by molar-refractivity contribution is -0.151. The Labute approximate surface area is 754 Å². The number of rotatable bonds is 26. The lowest BCUT2D eigenvalue weighted by Crippen LogP contribution is -2.61. The number of guanidine groups is 1. The average Bonchev–Trinajstić information content (AvgIpc) is 1.76. The van der Waals surface area contributed by atoms with Crippen molar-refractivity contribution in [1.82, 2.24) is 82.7 Å². The van der Waals surface area contributed by atoms with Gasteiger partial charge in [0.2, 0.25) is 88.6 Å². The number of aromatic nitrogens is 1. The number of amides is 15. The van der Waals surface area contributed by atoms with E-state index in [1.165, 1.54) is 69.3 Å². The van der Waals surface area contributed by atoms with Gasteiger partial charge in [-0.2, -0.15) is 0 Å². The molecular weight excluding hydrogens is 1700 g/mol. The smallest absolute Gasteiger partial charge is 0.303 e. The Morgan fingerprint density at radius 2 is 1.00 bits per heavy atom. The minimum atomic E-state index is -1.74. The Morgan fingerprint density at radius 1 is 0.504 bits per heavy atom. The number of primary amides is 1. The van der Waals surface area contributed by atoms with Crippen LogP contribution in [-0.4, -0.2) is 290 Å². The number of thioether (sulfide) groups is 1. The summed E-state index contributed by atoms with van der Waals surface area (Å²) in [5.74, 6) is -17.7. The van der Waals surface area contributed by atoms with Crippen LogP contribution in [0.1, 0.15) is 100.0 Å². The van der Waals surface area contributed by atoms with E-state index in [1.807, 2.05) is 6.92 Å². The predicted molar refractivity (Wildman–Crippen MR) is 484 cm³/mol. The maximum absolute atomic E-state index is 15.5. The highest BCUT2D eigenvalue weighted by atomic mass is 32.2. The molecule has 129 heavy (non-hydrogen) atoms. The number of carbonyl (C=O) groups excluding carboxylic acids is 15. The number of aromatic amines is 1. The van der Waals surface area contributed by atoms with E-state index in [4.69, 9.17) is 16.9 Å². The largest absolute Gasteiger partial charge is 0.508 e. The number of nitrogens with two attached hydrogens (primary N) is 2. The Hall–Kier alpha value is -13.3. The van der Waals surface area contributed by atoms with Gasteiger partial charge in [-0.15, -0.1) is 11.8 Å². The summed E-state index contributed by atoms with van der Waals surface area (Å²) in [5.41, 5.74) is 13.6. The third-order valence-electron chi connectivity index (χ3n) is 21.6. The topological polar surface area (TPSA) is 562 Å². The van der Waals surface area contributed by atoms with Gasteiger partial charge in [0.25, 0.3) is 0 Å². The lowest BCUT2D eigenvalue weighted by Gasteiger charge is -2.37. The van der Waals surface area contributed by atoms with Crippen LogP contribution in [0.25, 0.3) is 10.9 Å². The van der Waals surface area contributed by atoms with Crippen LogP contribution in [0.3, 0.4) is 0 Å². The van der Waals surface area contributed by atoms with Gasteiger partial charge in [-0.25, -0.2) is 0 Å². The highest BCUT2D eigenvalue weighted by molar-refractivity contribution is 8.00. The number of unbranched alkanes of at least 4 members (excludes halogenated alkanes) is 1. The number of para-hydroxylation sites is 1. The van der Waals surface area contributed by atoms with E-state index in [0.717, 1.165) is 26.5 Å². The molecule has 6 aromatic rings. The molecule has 1 aliphatic rings. The van der Waals surface area contributed by atoms with Gasteiger partial charge in [0.05, 0.1) is 30.9 Å². The van der Waals surface area contributed by atoms with Crippen LogP contribution < -0.4 is 64.6 Å². The van der Waals surface area contributed by atoms with E-state index in [1.54, 1.807) is 135 Å². The molecule has 0 saturated carbocycles. The number of phenols is 1. The number of carboxylic acid groups (broad SMARTS) is 1. The second-order valence-electron chi connectivity index (χ2n) is 32.0. The Balaban J connectivity index is 1.34. The van der Waals surface area contributed by atoms with Crippen LogP contribution in [0.4, 0.5) is 0 Å². The first-order chi connectivity index (χ1) is 61.3. The van der Waals surface area contributed by atoms with E-state index in [0.29, 0.717) is 51.6 Å². The maximum Gasteiger partial charge on any atom is 0.303 e. The number of benzene rings is 5. The van der Waals surface area contributed by atoms with Gasteiger partial charge in [-0.1, -0.05) is 164 Å². The van der Waals surface area contributed by atoms with E-state index >= 15 is 38.4 Å². The molecule has 0 spiro atoms. The van der Waals surface area contributed by atoms with Crippen molar-refractivity contribution in [2.75, 3.05) is 72.9 Å². The zero-order valence-corrected chi connectivity index (χ0v) is 75.2. The molecule has 19 N–H and O–H groups in total. The number of hydrogen-bond acceptors (Lipinski definition) is 19. The summed E-state index contributed by atoms with van der Waals surface area (Å²) in [6.07, 6.45) is -0.821. The number of hydrogen-bond donors (Lipinski definition) is 17. The fraction of sp³-hybridized carbons (Fsp3) is 0.438. The monoisotopic (exact) mass is 1820 g/mol. The highest BCUT2D eigenvalue weighted by Crippen LogP contribution is 2.24. The minimum absolute atomic E-state index is 0.00331. The Kier molecular flexibility index (Phi) is 40.6. The Bertz CT molecular complexity index is 4940. The van der Waals surface area contributed by atoms with Crippen LogP contribution in [0, 0.1) is 11.3 Å². The lowest BCUT2D eigenvalue weighted by atomic mass is 9.98. The number of phenolic OH excluding ortho intramolecular Hbond substituents is 1. The van der Waals surface area contributed by atoms with Crippen molar-refractivity contribution in [1.29, 1.82) is 5.41 Å². The molecule has 0 aliphatic carbocycles. The number of nitrogens with zero attached hydrogens (tertiary/aromatic N) is 5. The second kappa shape index (κ2) is 50.9. The van der Waals surface area contributed by atoms with Crippen LogP contribution in [0.5, 0.6) is 5.75 Å². The summed E-state index contributed by atoms with van der Waals surface area (Å²) in [4.78, 5) is 242. The molecule has 0 radical (unpaired) electrons. The first-order valence-corrected chi connectivity index (χ1v) is 43.8. The van der Waals surface area contributed by atoms with Gasteiger partial charge in [0, 0.05) is 110 Å². The van der Waals surface area contributed by atoms with Gasteiger partial charge < -0.3 is 109 Å². The molecule has 1 aromatic heterocycles. The van der Waals surface area contributed by atoms with Crippen molar-refractivity contribution < 1.29 is 92.0 Å². The zero-order valence-electron chi connectivity index (χ0n) is 73.4. The van der Waals surface area contributed by atoms with Gasteiger partial charge in [0.1, 0.15) is 72.2 Å². The number of aliphatic hydroxyl groups excluding tert-OH is 1. The summed E-state index contributed by atoms with van der Waals surface area (Å²) in [7, 11) is 9.48. The first kappa shape index (κ1) is 103. The quantitative estimate of drug-likeness (QED) is 0.0147. The molecule has 1 saturated heterocycles. The molecule has 40 heteroatoms. The standard InChI is InChI=1S/C89H118N19O19PS/c1-9-10-32-68-86(125)105(5)49-73(112)97-65(45-76(116)128)82(121)103-77(52(2)3)88(127)107(7)69(42-54-25-16-12-17-26-54)83(122)100-62(37-38-75(114)115)84(123)104(4)48-72(111)96-64(44-57-46-94-60-30-21-20-29-59(57)60)81(120)101-63(40-56-33-35-58(109)36-34-56)80(119)99-61(31-22-39-93-89(91)92)79(118)102-67(78(117)95-47-71(90)110)50-129-51-74(113)98-66(41-53-23-14-11-15-24-53)85(124)108(8)70(87(126)106(68)6)43-55-27-18-13-19-28-55/h11-21,23-30,33-36,46,52,61-70,77,94,109,116,128H,9-10,22,31-32,37-45,47-51H2,1-8H3,(H2,90,110)(H,95,117)(H,96,111)(H,97,112)(H,98,113)(H,99,119)(H,100,122)(H,101,120)(H,102,118)(H,103,121)(H,114,115)(H4,91,92,93)/t61-,62-,63-,64-,65-,66-,67-,68-,69-,70-,77-/m0/s1. The number of aliphatic hydroxyl groups is 1. The first-order valence-electron chi connectivity index (χ1n) is 42.2. The second-order valence-corrected chi connectivity index (χ2v) is 33.6. The molecule has 694 valence electrons. The number of aliphatic carboxylic acids is 1. The minimum Gasteiger partial charge on any atom is -0.508 e. The summed E-state index contributed by atoms with van der Waals surface area (Å²) in [6.45, 7) is 2.61. The van der Waals surface area contributed by atoms with Crippen molar-refractivity contribution in [2.24, 2.45) is 17.4 Å². The fourth-order valence-corrected chi connectivity index (χ4v) is 15.6. The molecule has 15 amide bonds. The van der Waals surface area contributed by atoms with Crippen molar-refractivity contribution in [3.63, 3.8) is 0 Å². The Morgan fingerprint density at radius 3 is 1.57 bits per heavy atom. The third-order valence-corrected chi connectivity index (χ3v) is 22.9. The molecule has 7 rings (SSSR count). The van der Waals surface area contributed by atoms with E-state index < -0.39 is 229 Å². The van der Waals surface area contributed by atoms with Crippen molar-refractivity contribution >= 4 is 138 Å². The number of carboxylic acids is 1.